The largest absolute Gasteiger partial charge is 0.506 e. The first kappa shape index (κ1) is 18.8. The van der Waals surface area contributed by atoms with Gasteiger partial charge in [-0.2, -0.15) is 0 Å². The van der Waals surface area contributed by atoms with E-state index in [1.165, 1.54) is 36.3 Å². The number of phenols is 1. The van der Waals surface area contributed by atoms with Crippen molar-refractivity contribution in [1.82, 2.24) is 0 Å². The Labute approximate surface area is 160 Å². The van der Waals surface area contributed by atoms with Crippen molar-refractivity contribution in [3.63, 3.8) is 0 Å². The smallest absolute Gasteiger partial charge is 0.338 e. The minimum atomic E-state index is -1.39. The lowest BCUT2D eigenvalue weighted by Gasteiger charge is -2.28. The van der Waals surface area contributed by atoms with Gasteiger partial charge in [-0.15, -0.1) is 0 Å². The molecule has 0 fully saturated rings. The van der Waals surface area contributed by atoms with Gasteiger partial charge in [0.05, 0.1) is 29.6 Å². The maximum Gasteiger partial charge on any atom is 0.338 e. The number of rotatable bonds is 6. The number of para-hydroxylation sites is 1. The lowest BCUT2D eigenvalue weighted by molar-refractivity contribution is 0.0652. The first-order valence-corrected chi connectivity index (χ1v) is 8.25. The Kier molecular flexibility index (Phi) is 5.17. The first-order valence-electron chi connectivity index (χ1n) is 8.25. The van der Waals surface area contributed by atoms with Crippen LogP contribution < -0.4 is 9.64 Å². The summed E-state index contributed by atoms with van der Waals surface area (Å²) in [7, 11) is 1.47. The fourth-order valence-electron chi connectivity index (χ4n) is 2.92. The summed E-state index contributed by atoms with van der Waals surface area (Å²) >= 11 is 0. The summed E-state index contributed by atoms with van der Waals surface area (Å²) in [6.45, 7) is 0. The van der Waals surface area contributed by atoms with Gasteiger partial charge in [0.15, 0.2) is 0 Å². The molecule has 7 nitrogen and oxygen atoms in total. The van der Waals surface area contributed by atoms with Gasteiger partial charge in [0.25, 0.3) is 0 Å². The summed E-state index contributed by atoms with van der Waals surface area (Å²) in [5.41, 5.74) is 0.142. The van der Waals surface area contributed by atoms with E-state index in [2.05, 4.69) is 0 Å². The molecule has 3 rings (SSSR count). The van der Waals surface area contributed by atoms with Gasteiger partial charge in [-0.25, -0.2) is 9.59 Å². The van der Waals surface area contributed by atoms with Gasteiger partial charge in [0.2, 0.25) is 0 Å². The Morgan fingerprint density at radius 2 is 1.57 bits per heavy atom. The molecule has 0 bridgehead atoms. The second-order valence-corrected chi connectivity index (χ2v) is 5.84. The molecule has 142 valence electrons. The molecule has 0 spiro atoms. The molecule has 0 saturated carbocycles. The highest BCUT2D eigenvalue weighted by Crippen LogP contribution is 2.43. The predicted molar refractivity (Wildman–Crippen MR) is 103 cm³/mol. The molecule has 0 saturated heterocycles. The van der Waals surface area contributed by atoms with E-state index in [0.717, 1.165) is 0 Å². The number of aromatic hydroxyl groups is 1. The maximum atomic E-state index is 11.9. The lowest BCUT2D eigenvalue weighted by Crippen LogP contribution is -2.17. The van der Waals surface area contributed by atoms with Crippen LogP contribution in [0.5, 0.6) is 11.5 Å². The quantitative estimate of drug-likeness (QED) is 0.587. The average Bonchev–Trinajstić information content (AvgIpc) is 2.70. The maximum absolute atomic E-state index is 11.9. The number of carbonyl (C=O) groups is 2. The van der Waals surface area contributed by atoms with Crippen LogP contribution in [0.4, 0.5) is 17.1 Å². The monoisotopic (exact) mass is 379 g/mol. The molecule has 0 amide bonds. The van der Waals surface area contributed by atoms with Gasteiger partial charge >= 0.3 is 11.9 Å². The predicted octanol–water partition coefficient (Wildman–Crippen LogP) is 4.27. The molecule has 0 radical (unpaired) electrons. The van der Waals surface area contributed by atoms with Crippen molar-refractivity contribution in [2.75, 3.05) is 12.0 Å². The minimum Gasteiger partial charge on any atom is -0.506 e. The van der Waals surface area contributed by atoms with Crippen LogP contribution in [-0.4, -0.2) is 34.4 Å². The van der Waals surface area contributed by atoms with Gasteiger partial charge in [0, 0.05) is 11.8 Å². The van der Waals surface area contributed by atoms with Crippen LogP contribution >= 0.6 is 0 Å². The topological polar surface area (TPSA) is 107 Å². The minimum absolute atomic E-state index is 0.0992. The van der Waals surface area contributed by atoms with Gasteiger partial charge in [-0.3, -0.25) is 0 Å². The number of benzene rings is 3. The average molecular weight is 379 g/mol. The molecule has 0 aliphatic rings. The van der Waals surface area contributed by atoms with Crippen LogP contribution in [0.25, 0.3) is 0 Å². The molecule has 0 aromatic heterocycles. The Morgan fingerprint density at radius 1 is 0.857 bits per heavy atom. The standard InChI is InChI=1S/C21H17NO6/c1-28-14-10-11-18(23)17(12-14)22(13-6-3-2-4-7-13)16-9-5-8-15(20(24)25)19(16)21(26)27/h2-12,23H,1H3,(H,24,25)(H,26,27). The Bertz CT molecular complexity index is 1030. The van der Waals surface area contributed by atoms with Gasteiger partial charge in [0.1, 0.15) is 11.5 Å². The molecule has 3 N–H and O–H groups in total. The van der Waals surface area contributed by atoms with Crippen molar-refractivity contribution in [2.45, 2.75) is 0 Å². The highest BCUT2D eigenvalue weighted by Gasteiger charge is 2.26. The summed E-state index contributed by atoms with van der Waals surface area (Å²) in [6, 6.07) is 17.4. The number of hydrogen-bond donors (Lipinski definition) is 3. The molecule has 0 unspecified atom stereocenters. The van der Waals surface area contributed by atoms with Gasteiger partial charge in [-0.1, -0.05) is 24.3 Å². The lowest BCUT2D eigenvalue weighted by atomic mass is 10.0. The highest BCUT2D eigenvalue weighted by atomic mass is 16.5. The third kappa shape index (κ3) is 3.45. The molecule has 3 aromatic rings. The molecule has 0 atom stereocenters. The number of aromatic carboxylic acids is 2. The van der Waals surface area contributed by atoms with Gasteiger partial charge < -0.3 is 25.0 Å². The van der Waals surface area contributed by atoms with Crippen LogP contribution in [0, 0.1) is 0 Å². The summed E-state index contributed by atoms with van der Waals surface area (Å²) in [4.78, 5) is 25.0. The van der Waals surface area contributed by atoms with Crippen LogP contribution in [0.3, 0.4) is 0 Å². The van der Waals surface area contributed by atoms with E-state index in [4.69, 9.17) is 4.74 Å². The second kappa shape index (κ2) is 7.71. The van der Waals surface area contributed by atoms with Crippen LogP contribution in [0.1, 0.15) is 20.7 Å². The van der Waals surface area contributed by atoms with Crippen molar-refractivity contribution in [3.05, 3.63) is 77.9 Å². The molecule has 0 aliphatic carbocycles. The van der Waals surface area contributed by atoms with Crippen molar-refractivity contribution < 1.29 is 29.6 Å². The summed E-state index contributed by atoms with van der Waals surface area (Å²) in [5, 5.41) is 29.6. The van der Waals surface area contributed by atoms with E-state index < -0.39 is 11.9 Å². The van der Waals surface area contributed by atoms with Crippen LogP contribution in [-0.2, 0) is 0 Å². The Morgan fingerprint density at radius 3 is 2.18 bits per heavy atom. The molecule has 7 heteroatoms. The number of carboxylic acids is 2. The van der Waals surface area contributed by atoms with E-state index in [1.807, 2.05) is 0 Å². The van der Waals surface area contributed by atoms with Crippen LogP contribution in [0.15, 0.2) is 66.7 Å². The fraction of sp³-hybridized carbons (Fsp3) is 0.0476. The zero-order chi connectivity index (χ0) is 20.3. The number of carboxylic acid groups (broad SMARTS) is 2. The first-order chi connectivity index (χ1) is 13.4. The second-order valence-electron chi connectivity index (χ2n) is 5.84. The fourth-order valence-corrected chi connectivity index (χ4v) is 2.92. The molecular weight excluding hydrogens is 362 g/mol. The molecule has 28 heavy (non-hydrogen) atoms. The van der Waals surface area contributed by atoms with Gasteiger partial charge in [-0.05, 0) is 36.4 Å². The number of hydrogen-bond acceptors (Lipinski definition) is 5. The normalized spacial score (nSPS) is 10.3. The highest BCUT2D eigenvalue weighted by molar-refractivity contribution is 6.07. The molecule has 0 heterocycles. The zero-order valence-corrected chi connectivity index (χ0v) is 14.9. The Balaban J connectivity index is 2.36. The number of anilines is 3. The van der Waals surface area contributed by atoms with Crippen molar-refractivity contribution in [1.29, 1.82) is 0 Å². The summed E-state index contributed by atoms with van der Waals surface area (Å²) in [5.74, 6) is -2.43. The van der Waals surface area contributed by atoms with Crippen molar-refractivity contribution in [3.8, 4) is 11.5 Å². The van der Waals surface area contributed by atoms with Crippen molar-refractivity contribution >= 4 is 29.0 Å². The van der Waals surface area contributed by atoms with Crippen LogP contribution in [0.2, 0.25) is 0 Å². The summed E-state index contributed by atoms with van der Waals surface area (Å²) < 4.78 is 5.22. The third-order valence-electron chi connectivity index (χ3n) is 4.17. The van der Waals surface area contributed by atoms with E-state index in [0.29, 0.717) is 11.4 Å². The molecular formula is C21H17NO6. The number of nitrogens with zero attached hydrogens (tertiary/aromatic N) is 1. The van der Waals surface area contributed by atoms with E-state index in [1.54, 1.807) is 42.5 Å². The zero-order valence-electron chi connectivity index (χ0n) is 14.9. The number of phenolic OH excluding ortho intramolecular Hbond substituents is 1. The number of ether oxygens (including phenoxy) is 1. The third-order valence-corrected chi connectivity index (χ3v) is 4.17. The van der Waals surface area contributed by atoms with E-state index in [-0.39, 0.29) is 28.3 Å². The Hall–Kier alpha value is -4.00. The number of methoxy groups -OCH3 is 1. The molecule has 0 aliphatic heterocycles. The van der Waals surface area contributed by atoms with Crippen molar-refractivity contribution in [2.24, 2.45) is 0 Å². The summed E-state index contributed by atoms with van der Waals surface area (Å²) in [6.07, 6.45) is 0. The van der Waals surface area contributed by atoms with E-state index >= 15 is 0 Å². The van der Waals surface area contributed by atoms with E-state index in [9.17, 15) is 24.9 Å². The molecule has 3 aromatic carbocycles. The SMILES string of the molecule is COc1ccc(O)c(N(c2ccccc2)c2cccc(C(=O)O)c2C(=O)O)c1.